The zero-order chi connectivity index (χ0) is 18.5. The molecule has 130 valence electrons. The van der Waals surface area contributed by atoms with E-state index in [1.54, 1.807) is 48.5 Å². The fraction of sp³-hybridized carbons (Fsp3) is 0.0952. The van der Waals surface area contributed by atoms with Gasteiger partial charge in [-0.05, 0) is 10.9 Å². The number of hydrogen-bond acceptors (Lipinski definition) is 1. The second-order valence-electron chi connectivity index (χ2n) is 6.12. The maximum Gasteiger partial charge on any atom is 0.419 e. The molecule has 0 saturated carbocycles. The monoisotopic (exact) mass is 353 g/mol. The van der Waals surface area contributed by atoms with Gasteiger partial charge in [-0.2, -0.15) is 13.2 Å². The van der Waals surface area contributed by atoms with Crippen LogP contribution in [0.4, 0.5) is 13.2 Å². The third kappa shape index (κ3) is 2.39. The maximum atomic E-state index is 14.0. The topological polar surface area (TPSA) is 22.0 Å². The van der Waals surface area contributed by atoms with Crippen molar-refractivity contribution in [2.45, 2.75) is 13.1 Å². The number of carbonyl (C=O) groups is 1. The molecule has 2 nitrogen and oxygen atoms in total. The predicted octanol–water partition coefficient (Wildman–Crippen LogP) is 6.14. The molecule has 1 aromatic heterocycles. The third-order valence-corrected chi connectivity index (χ3v) is 4.50. The van der Waals surface area contributed by atoms with Crippen molar-refractivity contribution in [2.24, 2.45) is 0 Å². The van der Waals surface area contributed by atoms with Gasteiger partial charge in [0, 0.05) is 17.7 Å². The van der Waals surface area contributed by atoms with E-state index >= 15 is 0 Å². The molecule has 0 saturated heterocycles. The molecule has 1 heterocycles. The summed E-state index contributed by atoms with van der Waals surface area (Å²) in [6, 6.07) is 18.5. The first-order valence-electron chi connectivity index (χ1n) is 8.09. The van der Waals surface area contributed by atoms with Gasteiger partial charge in [-0.3, -0.25) is 9.36 Å². The smallest absolute Gasteiger partial charge is 0.279 e. The first-order valence-corrected chi connectivity index (χ1v) is 8.09. The van der Waals surface area contributed by atoms with E-state index in [4.69, 9.17) is 0 Å². The highest BCUT2D eigenvalue weighted by molar-refractivity contribution is 6.13. The van der Waals surface area contributed by atoms with E-state index in [1.165, 1.54) is 17.6 Å². The van der Waals surface area contributed by atoms with Crippen molar-refractivity contribution in [3.05, 3.63) is 72.3 Å². The van der Waals surface area contributed by atoms with E-state index in [2.05, 4.69) is 0 Å². The molecule has 26 heavy (non-hydrogen) atoms. The van der Waals surface area contributed by atoms with Crippen molar-refractivity contribution in [3.8, 4) is 11.3 Å². The Balaban J connectivity index is 2.30. The number of rotatable bonds is 1. The van der Waals surface area contributed by atoms with Gasteiger partial charge in [0.25, 0.3) is 0 Å². The molecular weight excluding hydrogens is 339 g/mol. The Labute approximate surface area is 147 Å². The number of fused-ring (bicyclic) bond motifs is 3. The fourth-order valence-corrected chi connectivity index (χ4v) is 3.52. The van der Waals surface area contributed by atoms with Gasteiger partial charge in [0.15, 0.2) is 0 Å². The van der Waals surface area contributed by atoms with Crippen molar-refractivity contribution in [3.63, 3.8) is 0 Å². The molecule has 0 fully saturated rings. The highest BCUT2D eigenvalue weighted by Crippen LogP contribution is 2.45. The summed E-state index contributed by atoms with van der Waals surface area (Å²) in [4.78, 5) is 12.4. The van der Waals surface area contributed by atoms with E-state index < -0.39 is 17.6 Å². The van der Waals surface area contributed by atoms with Gasteiger partial charge in [0.1, 0.15) is 0 Å². The predicted molar refractivity (Wildman–Crippen MR) is 96.2 cm³/mol. The van der Waals surface area contributed by atoms with Crippen molar-refractivity contribution in [1.29, 1.82) is 0 Å². The number of hydrogen-bond donors (Lipinski definition) is 0. The first-order chi connectivity index (χ1) is 12.4. The molecule has 0 bridgehead atoms. The van der Waals surface area contributed by atoms with Gasteiger partial charge < -0.3 is 0 Å². The Kier molecular flexibility index (Phi) is 3.61. The van der Waals surface area contributed by atoms with Gasteiger partial charge in [0.2, 0.25) is 5.91 Å². The lowest BCUT2D eigenvalue weighted by atomic mass is 10.0. The van der Waals surface area contributed by atoms with Crippen LogP contribution in [-0.4, -0.2) is 10.5 Å². The lowest BCUT2D eigenvalue weighted by Gasteiger charge is -2.12. The lowest BCUT2D eigenvalue weighted by Crippen LogP contribution is -2.11. The molecule has 0 aliphatic rings. The van der Waals surface area contributed by atoms with Crippen LogP contribution in [0.15, 0.2) is 66.7 Å². The quantitative estimate of drug-likeness (QED) is 0.403. The Morgan fingerprint density at radius 2 is 1.50 bits per heavy atom. The fourth-order valence-electron chi connectivity index (χ4n) is 3.52. The molecule has 0 N–H and O–H groups in total. The SMILES string of the molecule is CC(=O)n1c(-c2ccccc2)c(C(F)(F)F)c2ccc3ccccc3c21. The summed E-state index contributed by atoms with van der Waals surface area (Å²) < 4.78 is 43.2. The average molecular weight is 353 g/mol. The van der Waals surface area contributed by atoms with Crippen LogP contribution in [-0.2, 0) is 6.18 Å². The number of halogens is 3. The molecule has 0 unspecified atom stereocenters. The molecule has 0 amide bonds. The molecular formula is C21H14F3NO. The van der Waals surface area contributed by atoms with Crippen LogP contribution < -0.4 is 0 Å². The highest BCUT2D eigenvalue weighted by atomic mass is 19.4. The molecule has 0 radical (unpaired) electrons. The van der Waals surface area contributed by atoms with Crippen LogP contribution in [0.5, 0.6) is 0 Å². The summed E-state index contributed by atoms with van der Waals surface area (Å²) >= 11 is 0. The van der Waals surface area contributed by atoms with Gasteiger partial charge in [-0.15, -0.1) is 0 Å². The summed E-state index contributed by atoms with van der Waals surface area (Å²) in [5.41, 5.74) is -0.242. The lowest BCUT2D eigenvalue weighted by molar-refractivity contribution is -0.135. The van der Waals surface area contributed by atoms with Crippen LogP contribution in [0, 0.1) is 0 Å². The second kappa shape index (κ2) is 5.73. The molecule has 0 atom stereocenters. The van der Waals surface area contributed by atoms with Gasteiger partial charge >= 0.3 is 6.18 Å². The second-order valence-corrected chi connectivity index (χ2v) is 6.12. The average Bonchev–Trinajstić information content (AvgIpc) is 2.98. The summed E-state index contributed by atoms with van der Waals surface area (Å²) in [5, 5.41) is 1.44. The molecule has 4 aromatic rings. The molecule has 3 aromatic carbocycles. The van der Waals surface area contributed by atoms with Crippen molar-refractivity contribution in [2.75, 3.05) is 0 Å². The molecule has 0 spiro atoms. The Bertz CT molecular complexity index is 1140. The Hall–Kier alpha value is -3.08. The molecule has 5 heteroatoms. The van der Waals surface area contributed by atoms with Crippen LogP contribution in [0.2, 0.25) is 0 Å². The zero-order valence-corrected chi connectivity index (χ0v) is 13.8. The molecule has 0 aliphatic heterocycles. The summed E-state index contributed by atoms with van der Waals surface area (Å²) in [7, 11) is 0. The van der Waals surface area contributed by atoms with E-state index in [-0.39, 0.29) is 11.1 Å². The van der Waals surface area contributed by atoms with Crippen molar-refractivity contribution in [1.82, 2.24) is 4.57 Å². The highest BCUT2D eigenvalue weighted by Gasteiger charge is 2.40. The number of carbonyl (C=O) groups excluding carboxylic acids is 1. The van der Waals surface area contributed by atoms with Gasteiger partial charge in [-0.1, -0.05) is 66.7 Å². The zero-order valence-electron chi connectivity index (χ0n) is 13.8. The number of benzene rings is 3. The van der Waals surface area contributed by atoms with Crippen molar-refractivity contribution < 1.29 is 18.0 Å². The third-order valence-electron chi connectivity index (χ3n) is 4.50. The number of nitrogens with zero attached hydrogens (tertiary/aromatic N) is 1. The summed E-state index contributed by atoms with van der Waals surface area (Å²) in [6.07, 6.45) is -4.59. The van der Waals surface area contributed by atoms with Crippen LogP contribution >= 0.6 is 0 Å². The van der Waals surface area contributed by atoms with Crippen LogP contribution in [0.25, 0.3) is 32.9 Å². The Morgan fingerprint density at radius 3 is 2.15 bits per heavy atom. The minimum atomic E-state index is -4.59. The minimum Gasteiger partial charge on any atom is -0.279 e. The van der Waals surface area contributed by atoms with E-state index in [0.29, 0.717) is 16.5 Å². The first kappa shape index (κ1) is 16.4. The van der Waals surface area contributed by atoms with Crippen LogP contribution in [0.1, 0.15) is 17.3 Å². The van der Waals surface area contributed by atoms with E-state index in [9.17, 15) is 18.0 Å². The summed E-state index contributed by atoms with van der Waals surface area (Å²) in [6.45, 7) is 1.29. The normalized spacial score (nSPS) is 12.0. The van der Waals surface area contributed by atoms with Crippen molar-refractivity contribution >= 4 is 27.6 Å². The maximum absolute atomic E-state index is 14.0. The standard InChI is InChI=1S/C21H14F3NO/c1-13(26)25-19(15-8-3-2-4-9-15)18(21(22,23)24)17-12-11-14-7-5-6-10-16(14)20(17)25/h2-12H,1H3. The largest absolute Gasteiger partial charge is 0.419 e. The van der Waals surface area contributed by atoms with E-state index in [1.807, 2.05) is 12.1 Å². The summed E-state index contributed by atoms with van der Waals surface area (Å²) in [5.74, 6) is -0.458. The minimum absolute atomic E-state index is 0.0326. The Morgan fingerprint density at radius 1 is 0.846 bits per heavy atom. The number of alkyl halides is 3. The molecule has 4 rings (SSSR count). The number of aromatic nitrogens is 1. The van der Waals surface area contributed by atoms with Gasteiger partial charge in [-0.25, -0.2) is 0 Å². The molecule has 0 aliphatic carbocycles. The van der Waals surface area contributed by atoms with Crippen LogP contribution in [0.3, 0.4) is 0 Å². The van der Waals surface area contributed by atoms with E-state index in [0.717, 1.165) is 5.39 Å². The van der Waals surface area contributed by atoms with Gasteiger partial charge in [0.05, 0.1) is 16.8 Å².